The van der Waals surface area contributed by atoms with Gasteiger partial charge in [-0.2, -0.15) is 0 Å². The predicted molar refractivity (Wildman–Crippen MR) is 78.5 cm³/mol. The van der Waals surface area contributed by atoms with Gasteiger partial charge in [-0.1, -0.05) is 25.5 Å². The van der Waals surface area contributed by atoms with Crippen molar-refractivity contribution in [1.82, 2.24) is 10.2 Å². The lowest BCUT2D eigenvalue weighted by Gasteiger charge is -2.28. The third kappa shape index (κ3) is 2.82. The summed E-state index contributed by atoms with van der Waals surface area (Å²) in [6.07, 6.45) is 4.29. The molecule has 0 saturated heterocycles. The predicted octanol–water partition coefficient (Wildman–Crippen LogP) is 3.29. The average molecular weight is 286 g/mol. The average Bonchev–Trinajstić information content (AvgIpc) is 2.47. The lowest BCUT2D eigenvalue weighted by Crippen LogP contribution is -2.25. The van der Waals surface area contributed by atoms with Crippen molar-refractivity contribution >= 4 is 16.9 Å². The number of carboxylic acid groups (broad SMARTS) is 1. The van der Waals surface area contributed by atoms with E-state index in [0.717, 1.165) is 19.3 Å². The molecule has 0 aliphatic heterocycles. The van der Waals surface area contributed by atoms with E-state index in [-0.39, 0.29) is 11.8 Å². The quantitative estimate of drug-likeness (QED) is 0.937. The molecular formula is C16H18N2O3. The number of fused-ring (bicyclic) bond motifs is 1. The van der Waals surface area contributed by atoms with E-state index < -0.39 is 5.97 Å². The molecule has 0 amide bonds. The molecule has 1 heterocycles. The van der Waals surface area contributed by atoms with Gasteiger partial charge in [0.15, 0.2) is 5.75 Å². The van der Waals surface area contributed by atoms with E-state index in [0.29, 0.717) is 22.6 Å². The monoisotopic (exact) mass is 286 g/mol. The first kappa shape index (κ1) is 13.8. The van der Waals surface area contributed by atoms with Gasteiger partial charge >= 0.3 is 5.97 Å². The van der Waals surface area contributed by atoms with Crippen LogP contribution >= 0.6 is 0 Å². The maximum Gasteiger partial charge on any atom is 0.360 e. The van der Waals surface area contributed by atoms with E-state index >= 15 is 0 Å². The molecule has 1 aliphatic carbocycles. The van der Waals surface area contributed by atoms with Crippen molar-refractivity contribution in [2.75, 3.05) is 0 Å². The van der Waals surface area contributed by atoms with E-state index in [1.165, 1.54) is 6.42 Å². The molecule has 5 nitrogen and oxygen atoms in total. The molecule has 3 rings (SSSR count). The molecule has 2 aromatic rings. The highest BCUT2D eigenvalue weighted by molar-refractivity contribution is 5.96. The van der Waals surface area contributed by atoms with Gasteiger partial charge in [0.25, 0.3) is 0 Å². The van der Waals surface area contributed by atoms with Crippen LogP contribution in [-0.2, 0) is 0 Å². The van der Waals surface area contributed by atoms with E-state index in [1.54, 1.807) is 0 Å². The van der Waals surface area contributed by atoms with Gasteiger partial charge in [0.05, 0.1) is 11.6 Å². The molecule has 1 aliphatic rings. The Morgan fingerprint density at radius 2 is 2.10 bits per heavy atom. The smallest absolute Gasteiger partial charge is 0.360 e. The largest absolute Gasteiger partial charge is 0.487 e. The molecular weight excluding hydrogens is 268 g/mol. The number of benzene rings is 1. The number of carboxylic acids is 1. The zero-order valence-electron chi connectivity index (χ0n) is 12.0. The van der Waals surface area contributed by atoms with E-state index in [1.807, 2.05) is 24.3 Å². The maximum atomic E-state index is 11.4. The topological polar surface area (TPSA) is 72.3 Å². The van der Waals surface area contributed by atoms with Crippen LogP contribution in [0.25, 0.3) is 10.9 Å². The van der Waals surface area contributed by atoms with Crippen molar-refractivity contribution in [3.8, 4) is 5.75 Å². The summed E-state index contributed by atoms with van der Waals surface area (Å²) in [5.74, 6) is -0.141. The van der Waals surface area contributed by atoms with Crippen LogP contribution in [0.2, 0.25) is 0 Å². The van der Waals surface area contributed by atoms with Crippen molar-refractivity contribution in [2.24, 2.45) is 5.92 Å². The summed E-state index contributed by atoms with van der Waals surface area (Å²) in [6, 6.07) is 7.35. The molecule has 5 heteroatoms. The summed E-state index contributed by atoms with van der Waals surface area (Å²) in [7, 11) is 0. The fourth-order valence-corrected chi connectivity index (χ4v) is 2.94. The van der Waals surface area contributed by atoms with Crippen LogP contribution in [0.1, 0.15) is 43.1 Å². The number of carbonyl (C=O) groups is 1. The Hall–Kier alpha value is -2.17. The van der Waals surface area contributed by atoms with Gasteiger partial charge < -0.3 is 9.84 Å². The minimum Gasteiger partial charge on any atom is -0.487 e. The zero-order chi connectivity index (χ0) is 14.8. The van der Waals surface area contributed by atoms with Gasteiger partial charge in [-0.05, 0) is 37.3 Å². The first-order valence-corrected chi connectivity index (χ1v) is 7.30. The van der Waals surface area contributed by atoms with Crippen LogP contribution in [0.5, 0.6) is 5.75 Å². The zero-order valence-corrected chi connectivity index (χ0v) is 12.0. The molecule has 1 aromatic carbocycles. The van der Waals surface area contributed by atoms with Gasteiger partial charge in [-0.3, -0.25) is 0 Å². The first-order chi connectivity index (χ1) is 10.1. The lowest BCUT2D eigenvalue weighted by molar-refractivity contribution is 0.0675. The highest BCUT2D eigenvalue weighted by atomic mass is 16.5. The minimum absolute atomic E-state index is 0.0551. The van der Waals surface area contributed by atoms with Gasteiger partial charge in [0.1, 0.15) is 0 Å². The van der Waals surface area contributed by atoms with Crippen LogP contribution in [0.3, 0.4) is 0 Å². The Kier molecular flexibility index (Phi) is 3.73. The standard InChI is InChI=1S/C16H18N2O3/c1-10-5-4-6-11(9-10)21-15-12-7-2-3-8-13(12)17-18-14(15)16(19)20/h2-3,7-8,10-11H,4-6,9H2,1H3,(H,19,20). The molecule has 0 spiro atoms. The van der Waals surface area contributed by atoms with Gasteiger partial charge in [0, 0.05) is 5.39 Å². The summed E-state index contributed by atoms with van der Waals surface area (Å²) in [5, 5.41) is 17.8. The first-order valence-electron chi connectivity index (χ1n) is 7.30. The Balaban J connectivity index is 2.01. The van der Waals surface area contributed by atoms with Crippen molar-refractivity contribution in [3.63, 3.8) is 0 Å². The summed E-state index contributed by atoms with van der Waals surface area (Å²) in [5.41, 5.74) is 0.549. The van der Waals surface area contributed by atoms with Crippen molar-refractivity contribution in [1.29, 1.82) is 0 Å². The van der Waals surface area contributed by atoms with Crippen LogP contribution < -0.4 is 4.74 Å². The molecule has 0 bridgehead atoms. The SMILES string of the molecule is CC1CCCC(Oc2c(C(=O)O)nnc3ccccc23)C1. The number of ether oxygens (including phenoxy) is 1. The number of aromatic nitrogens is 2. The second-order valence-corrected chi connectivity index (χ2v) is 5.71. The Morgan fingerprint density at radius 3 is 2.86 bits per heavy atom. The van der Waals surface area contributed by atoms with Crippen LogP contribution in [0.4, 0.5) is 0 Å². The van der Waals surface area contributed by atoms with E-state index in [4.69, 9.17) is 4.74 Å². The second kappa shape index (κ2) is 5.68. The molecule has 2 unspecified atom stereocenters. The van der Waals surface area contributed by atoms with Gasteiger partial charge in [-0.15, -0.1) is 10.2 Å². The lowest BCUT2D eigenvalue weighted by atomic mass is 9.88. The molecule has 21 heavy (non-hydrogen) atoms. The summed E-state index contributed by atoms with van der Waals surface area (Å²) >= 11 is 0. The molecule has 1 N–H and O–H groups in total. The molecule has 1 aromatic heterocycles. The van der Waals surface area contributed by atoms with E-state index in [9.17, 15) is 9.90 Å². The highest BCUT2D eigenvalue weighted by Crippen LogP contribution is 2.32. The van der Waals surface area contributed by atoms with Gasteiger partial charge in [0.2, 0.25) is 5.69 Å². The number of nitrogens with zero attached hydrogens (tertiary/aromatic N) is 2. The summed E-state index contributed by atoms with van der Waals surface area (Å²) < 4.78 is 6.05. The fourth-order valence-electron chi connectivity index (χ4n) is 2.94. The Labute approximate surface area is 123 Å². The Morgan fingerprint density at radius 1 is 1.29 bits per heavy atom. The molecule has 1 saturated carbocycles. The number of hydrogen-bond acceptors (Lipinski definition) is 4. The second-order valence-electron chi connectivity index (χ2n) is 5.71. The number of rotatable bonds is 3. The number of aromatic carboxylic acids is 1. The third-order valence-electron chi connectivity index (χ3n) is 4.00. The number of hydrogen-bond donors (Lipinski definition) is 1. The molecule has 0 radical (unpaired) electrons. The molecule has 2 atom stereocenters. The minimum atomic E-state index is -1.10. The van der Waals surface area contributed by atoms with Crippen molar-refractivity contribution < 1.29 is 14.6 Å². The van der Waals surface area contributed by atoms with Gasteiger partial charge in [-0.25, -0.2) is 4.79 Å². The third-order valence-corrected chi connectivity index (χ3v) is 4.00. The normalized spacial score (nSPS) is 22.1. The van der Waals surface area contributed by atoms with Crippen LogP contribution in [0, 0.1) is 5.92 Å². The van der Waals surface area contributed by atoms with E-state index in [2.05, 4.69) is 17.1 Å². The fraction of sp³-hybridized carbons (Fsp3) is 0.438. The van der Waals surface area contributed by atoms with Crippen molar-refractivity contribution in [2.45, 2.75) is 38.7 Å². The van der Waals surface area contributed by atoms with Crippen LogP contribution in [0.15, 0.2) is 24.3 Å². The van der Waals surface area contributed by atoms with Crippen molar-refractivity contribution in [3.05, 3.63) is 30.0 Å². The van der Waals surface area contributed by atoms with Crippen LogP contribution in [-0.4, -0.2) is 27.4 Å². The Bertz CT molecular complexity index is 672. The summed E-state index contributed by atoms with van der Waals surface area (Å²) in [4.78, 5) is 11.4. The summed E-state index contributed by atoms with van der Waals surface area (Å²) in [6.45, 7) is 2.20. The maximum absolute atomic E-state index is 11.4. The highest BCUT2D eigenvalue weighted by Gasteiger charge is 2.25. The molecule has 1 fully saturated rings. The molecule has 110 valence electrons.